The van der Waals surface area contributed by atoms with Gasteiger partial charge in [-0.1, -0.05) is 19.9 Å². The maximum atomic E-state index is 5.49. The van der Waals surface area contributed by atoms with Gasteiger partial charge in [0.25, 0.3) is 0 Å². The Labute approximate surface area is 113 Å². The summed E-state index contributed by atoms with van der Waals surface area (Å²) in [7, 11) is 0. The van der Waals surface area contributed by atoms with Crippen molar-refractivity contribution in [1.82, 2.24) is 10.2 Å². The summed E-state index contributed by atoms with van der Waals surface area (Å²) >= 11 is 0. The zero-order valence-electron chi connectivity index (χ0n) is 12.2. The third kappa shape index (κ3) is 7.14. The predicted molar refractivity (Wildman–Crippen MR) is 77.9 cm³/mol. The van der Waals surface area contributed by atoms with Crippen molar-refractivity contribution in [3.8, 4) is 0 Å². The molecule has 1 rings (SSSR count). The molecule has 1 N–H and O–H groups in total. The van der Waals surface area contributed by atoms with Crippen LogP contribution in [-0.4, -0.2) is 50.3 Å². The Bertz CT molecular complexity index is 211. The quantitative estimate of drug-likeness (QED) is 0.505. The van der Waals surface area contributed by atoms with E-state index in [1.165, 1.54) is 32.5 Å². The van der Waals surface area contributed by atoms with Gasteiger partial charge in [-0.2, -0.15) is 0 Å². The molecule has 0 unspecified atom stereocenters. The van der Waals surface area contributed by atoms with Crippen LogP contribution in [0.1, 0.15) is 33.1 Å². The molecule has 0 spiro atoms. The highest BCUT2D eigenvalue weighted by atomic mass is 16.5. The predicted octanol–water partition coefficient (Wildman–Crippen LogP) is 2.29. The van der Waals surface area contributed by atoms with E-state index in [-0.39, 0.29) is 0 Å². The van der Waals surface area contributed by atoms with Gasteiger partial charge in [-0.15, -0.1) is 6.58 Å². The van der Waals surface area contributed by atoms with E-state index in [2.05, 4.69) is 30.6 Å². The van der Waals surface area contributed by atoms with E-state index in [0.29, 0.717) is 6.04 Å². The van der Waals surface area contributed by atoms with Crippen molar-refractivity contribution in [3.05, 3.63) is 12.7 Å². The van der Waals surface area contributed by atoms with Crippen LogP contribution < -0.4 is 5.32 Å². The van der Waals surface area contributed by atoms with Crippen LogP contribution in [0.15, 0.2) is 12.7 Å². The lowest BCUT2D eigenvalue weighted by molar-refractivity contribution is 0.130. The van der Waals surface area contributed by atoms with Crippen LogP contribution in [0, 0.1) is 5.92 Å². The Kier molecular flexibility index (Phi) is 8.31. The fraction of sp³-hybridized carbons (Fsp3) is 0.867. The number of hydrogen-bond donors (Lipinski definition) is 1. The van der Waals surface area contributed by atoms with Crippen molar-refractivity contribution in [2.24, 2.45) is 5.92 Å². The second kappa shape index (κ2) is 9.54. The molecule has 0 aromatic heterocycles. The van der Waals surface area contributed by atoms with Gasteiger partial charge < -0.3 is 15.0 Å². The summed E-state index contributed by atoms with van der Waals surface area (Å²) in [6, 6.07) is 0.691. The van der Waals surface area contributed by atoms with E-state index in [1.54, 1.807) is 0 Å². The van der Waals surface area contributed by atoms with Gasteiger partial charge >= 0.3 is 0 Å². The zero-order chi connectivity index (χ0) is 13.2. The average Bonchev–Trinajstić information content (AvgIpc) is 2.35. The first-order valence-corrected chi connectivity index (χ1v) is 7.36. The molecule has 0 bridgehead atoms. The van der Waals surface area contributed by atoms with E-state index < -0.39 is 0 Å². The molecular formula is C15H30N2O. The smallest absolute Gasteiger partial charge is 0.0591 e. The third-order valence-electron chi connectivity index (χ3n) is 3.36. The molecule has 0 amide bonds. The highest BCUT2D eigenvalue weighted by Crippen LogP contribution is 2.11. The fourth-order valence-electron chi connectivity index (χ4n) is 2.44. The maximum absolute atomic E-state index is 5.49. The molecule has 3 heteroatoms. The van der Waals surface area contributed by atoms with Gasteiger partial charge in [0.05, 0.1) is 13.2 Å². The van der Waals surface area contributed by atoms with Crippen LogP contribution in [0.2, 0.25) is 0 Å². The molecule has 1 fully saturated rings. The van der Waals surface area contributed by atoms with Gasteiger partial charge in [-0.05, 0) is 38.3 Å². The SMILES string of the molecule is C=CCCOCCNC1CCN(CC(C)C)CC1. The summed E-state index contributed by atoms with van der Waals surface area (Å²) in [5.41, 5.74) is 0. The fourth-order valence-corrected chi connectivity index (χ4v) is 2.44. The molecule has 1 aliphatic rings. The zero-order valence-corrected chi connectivity index (χ0v) is 12.2. The molecule has 0 atom stereocenters. The first-order valence-electron chi connectivity index (χ1n) is 7.36. The van der Waals surface area contributed by atoms with E-state index >= 15 is 0 Å². The average molecular weight is 254 g/mol. The van der Waals surface area contributed by atoms with Gasteiger partial charge in [-0.25, -0.2) is 0 Å². The molecule has 0 aromatic rings. The Balaban J connectivity index is 1.97. The normalized spacial score (nSPS) is 18.4. The Morgan fingerprint density at radius 2 is 2.06 bits per heavy atom. The Hall–Kier alpha value is -0.380. The molecule has 0 radical (unpaired) electrons. The topological polar surface area (TPSA) is 24.5 Å². The second-order valence-corrected chi connectivity index (χ2v) is 5.61. The standard InChI is InChI=1S/C15H30N2O/c1-4-5-11-18-12-8-16-15-6-9-17(10-7-15)13-14(2)3/h4,14-16H,1,5-13H2,2-3H3. The van der Waals surface area contributed by atoms with Crippen molar-refractivity contribution < 1.29 is 4.74 Å². The van der Waals surface area contributed by atoms with Crippen molar-refractivity contribution in [2.75, 3.05) is 39.4 Å². The van der Waals surface area contributed by atoms with Crippen molar-refractivity contribution in [1.29, 1.82) is 0 Å². The molecule has 1 heterocycles. The minimum atomic E-state index is 0.691. The Morgan fingerprint density at radius 3 is 2.67 bits per heavy atom. The highest BCUT2D eigenvalue weighted by Gasteiger charge is 2.18. The number of hydrogen-bond acceptors (Lipinski definition) is 3. The van der Waals surface area contributed by atoms with Crippen molar-refractivity contribution in [2.45, 2.75) is 39.2 Å². The number of likely N-dealkylation sites (tertiary alicyclic amines) is 1. The lowest BCUT2D eigenvalue weighted by Gasteiger charge is -2.33. The van der Waals surface area contributed by atoms with Crippen LogP contribution >= 0.6 is 0 Å². The number of piperidine rings is 1. The highest BCUT2D eigenvalue weighted by molar-refractivity contribution is 4.77. The van der Waals surface area contributed by atoms with Crippen molar-refractivity contribution in [3.63, 3.8) is 0 Å². The first-order chi connectivity index (χ1) is 8.72. The van der Waals surface area contributed by atoms with Gasteiger partial charge in [0.15, 0.2) is 0 Å². The summed E-state index contributed by atoms with van der Waals surface area (Å²) in [5, 5.41) is 3.59. The third-order valence-corrected chi connectivity index (χ3v) is 3.36. The lowest BCUT2D eigenvalue weighted by Crippen LogP contribution is -2.44. The molecule has 3 nitrogen and oxygen atoms in total. The summed E-state index contributed by atoms with van der Waals surface area (Å²) < 4.78 is 5.49. The molecule has 106 valence electrons. The van der Waals surface area contributed by atoms with E-state index in [0.717, 1.165) is 32.1 Å². The second-order valence-electron chi connectivity index (χ2n) is 5.61. The lowest BCUT2D eigenvalue weighted by atomic mass is 10.0. The number of nitrogens with one attached hydrogen (secondary N) is 1. The summed E-state index contributed by atoms with van der Waals surface area (Å²) in [5.74, 6) is 0.785. The van der Waals surface area contributed by atoms with Crippen LogP contribution in [0.3, 0.4) is 0 Å². The molecule has 0 aliphatic carbocycles. The number of ether oxygens (including phenoxy) is 1. The summed E-state index contributed by atoms with van der Waals surface area (Å²) in [6.45, 7) is 14.6. The minimum absolute atomic E-state index is 0.691. The minimum Gasteiger partial charge on any atom is -0.380 e. The monoisotopic (exact) mass is 254 g/mol. The van der Waals surface area contributed by atoms with Crippen LogP contribution in [0.25, 0.3) is 0 Å². The van der Waals surface area contributed by atoms with Gasteiger partial charge in [0.2, 0.25) is 0 Å². The number of nitrogens with zero attached hydrogens (tertiary/aromatic N) is 1. The summed E-state index contributed by atoms with van der Waals surface area (Å²) in [6.07, 6.45) is 5.41. The van der Waals surface area contributed by atoms with Crippen LogP contribution in [-0.2, 0) is 4.74 Å². The number of rotatable bonds is 9. The molecule has 1 saturated heterocycles. The first kappa shape index (κ1) is 15.7. The van der Waals surface area contributed by atoms with Crippen LogP contribution in [0.4, 0.5) is 0 Å². The maximum Gasteiger partial charge on any atom is 0.0591 e. The molecular weight excluding hydrogens is 224 g/mol. The van der Waals surface area contributed by atoms with E-state index in [4.69, 9.17) is 4.74 Å². The van der Waals surface area contributed by atoms with E-state index in [9.17, 15) is 0 Å². The van der Waals surface area contributed by atoms with E-state index in [1.807, 2.05) is 6.08 Å². The van der Waals surface area contributed by atoms with Crippen LogP contribution in [0.5, 0.6) is 0 Å². The molecule has 0 saturated carbocycles. The summed E-state index contributed by atoms with van der Waals surface area (Å²) in [4.78, 5) is 2.59. The van der Waals surface area contributed by atoms with Gasteiger partial charge in [-0.3, -0.25) is 0 Å². The molecule has 18 heavy (non-hydrogen) atoms. The van der Waals surface area contributed by atoms with Crippen molar-refractivity contribution >= 4 is 0 Å². The largest absolute Gasteiger partial charge is 0.380 e. The molecule has 1 aliphatic heterocycles. The van der Waals surface area contributed by atoms with Gasteiger partial charge in [0.1, 0.15) is 0 Å². The Morgan fingerprint density at radius 1 is 1.33 bits per heavy atom. The molecule has 0 aromatic carbocycles. The van der Waals surface area contributed by atoms with Gasteiger partial charge in [0, 0.05) is 19.1 Å².